The molecule has 0 saturated carbocycles. The molecule has 1 N–H and O–H groups in total. The molecular weight excluding hydrogens is 270 g/mol. The lowest BCUT2D eigenvalue weighted by atomic mass is 10.1. The maximum Gasteiger partial charge on any atom is 0.226 e. The molecule has 1 atom stereocenters. The normalized spacial score (nSPS) is 21.9. The van der Waals surface area contributed by atoms with Crippen LogP contribution in [0.3, 0.4) is 0 Å². The molecule has 2 heterocycles. The van der Waals surface area contributed by atoms with Gasteiger partial charge < -0.3 is 5.32 Å². The molecule has 1 aromatic heterocycles. The van der Waals surface area contributed by atoms with Crippen LogP contribution in [0.25, 0.3) is 0 Å². The summed E-state index contributed by atoms with van der Waals surface area (Å²) in [5.41, 5.74) is 1.18. The van der Waals surface area contributed by atoms with Gasteiger partial charge in [0.15, 0.2) is 5.13 Å². The van der Waals surface area contributed by atoms with Crippen molar-refractivity contribution in [2.45, 2.75) is 39.2 Å². The van der Waals surface area contributed by atoms with E-state index in [4.69, 9.17) is 0 Å². The van der Waals surface area contributed by atoms with E-state index in [-0.39, 0.29) is 5.91 Å². The van der Waals surface area contributed by atoms with Crippen molar-refractivity contribution in [1.82, 2.24) is 9.88 Å². The minimum Gasteiger partial charge on any atom is -0.302 e. The van der Waals surface area contributed by atoms with E-state index in [0.717, 1.165) is 44.0 Å². The van der Waals surface area contributed by atoms with Crippen LogP contribution in [0.2, 0.25) is 0 Å². The van der Waals surface area contributed by atoms with Crippen LogP contribution in [-0.4, -0.2) is 28.9 Å². The zero-order valence-electron chi connectivity index (χ0n) is 11.9. The summed E-state index contributed by atoms with van der Waals surface area (Å²) in [4.78, 5) is 20.3. The Bertz CT molecular complexity index is 523. The molecule has 2 aliphatic rings. The highest BCUT2D eigenvalue weighted by atomic mass is 32.1. The molecule has 1 aliphatic carbocycles. The number of hydrogen-bond acceptors (Lipinski definition) is 4. The average molecular weight is 291 g/mol. The molecule has 5 heteroatoms. The quantitative estimate of drug-likeness (QED) is 0.868. The Morgan fingerprint density at radius 3 is 3.25 bits per heavy atom. The molecule has 1 amide bonds. The smallest absolute Gasteiger partial charge is 0.226 e. The van der Waals surface area contributed by atoms with Crippen molar-refractivity contribution < 1.29 is 4.79 Å². The maximum absolute atomic E-state index is 12.0. The number of carbonyl (C=O) groups excluding carboxylic acids is 1. The van der Waals surface area contributed by atoms with Gasteiger partial charge in [0, 0.05) is 30.8 Å². The Hall–Kier alpha value is -1.20. The number of nitrogens with one attached hydrogen (secondary N) is 1. The second-order valence-corrected chi connectivity index (χ2v) is 6.61. The van der Waals surface area contributed by atoms with Crippen molar-refractivity contribution in [3.8, 4) is 0 Å². The second kappa shape index (κ2) is 6.06. The molecule has 0 spiro atoms. The molecular formula is C15H21N3OS. The summed E-state index contributed by atoms with van der Waals surface area (Å²) in [6, 6.07) is 0. The van der Waals surface area contributed by atoms with E-state index in [9.17, 15) is 4.79 Å². The van der Waals surface area contributed by atoms with Crippen LogP contribution >= 0.6 is 11.3 Å². The largest absolute Gasteiger partial charge is 0.302 e. The first kappa shape index (κ1) is 13.8. The van der Waals surface area contributed by atoms with Crippen molar-refractivity contribution >= 4 is 22.4 Å². The summed E-state index contributed by atoms with van der Waals surface area (Å²) in [6.07, 6.45) is 8.12. The van der Waals surface area contributed by atoms with Gasteiger partial charge in [0.25, 0.3) is 0 Å². The van der Waals surface area contributed by atoms with Crippen LogP contribution in [0.5, 0.6) is 0 Å². The highest BCUT2D eigenvalue weighted by molar-refractivity contribution is 7.15. The van der Waals surface area contributed by atoms with E-state index in [1.807, 2.05) is 0 Å². The highest BCUT2D eigenvalue weighted by Crippen LogP contribution is 2.29. The zero-order valence-corrected chi connectivity index (χ0v) is 12.7. The molecule has 1 aliphatic heterocycles. The Kier molecular flexibility index (Phi) is 4.17. The number of allylic oxidation sites excluding steroid dienone is 2. The number of anilines is 1. The van der Waals surface area contributed by atoms with Gasteiger partial charge in [-0.05, 0) is 25.3 Å². The molecule has 0 fully saturated rings. The summed E-state index contributed by atoms with van der Waals surface area (Å²) in [6.45, 7) is 5.31. The number of hydrogen-bond donors (Lipinski definition) is 1. The predicted molar refractivity (Wildman–Crippen MR) is 81.9 cm³/mol. The number of rotatable bonds is 4. The number of amides is 1. The Labute approximate surface area is 123 Å². The third-order valence-corrected chi connectivity index (χ3v) is 5.06. The van der Waals surface area contributed by atoms with Gasteiger partial charge in [-0.3, -0.25) is 9.69 Å². The van der Waals surface area contributed by atoms with Crippen LogP contribution < -0.4 is 5.32 Å². The minimum atomic E-state index is 0.0972. The Morgan fingerprint density at radius 2 is 2.50 bits per heavy atom. The summed E-state index contributed by atoms with van der Waals surface area (Å²) < 4.78 is 0. The average Bonchev–Trinajstić information content (AvgIpc) is 3.06. The van der Waals surface area contributed by atoms with Crippen LogP contribution in [-0.2, 0) is 17.8 Å². The molecule has 0 aromatic carbocycles. The van der Waals surface area contributed by atoms with Crippen molar-refractivity contribution in [3.63, 3.8) is 0 Å². The topological polar surface area (TPSA) is 45.2 Å². The lowest BCUT2D eigenvalue weighted by Gasteiger charge is -2.23. The van der Waals surface area contributed by atoms with Crippen molar-refractivity contribution in [2.24, 2.45) is 5.92 Å². The van der Waals surface area contributed by atoms with E-state index in [2.05, 4.69) is 34.3 Å². The van der Waals surface area contributed by atoms with E-state index >= 15 is 0 Å². The van der Waals surface area contributed by atoms with Crippen molar-refractivity contribution in [3.05, 3.63) is 22.7 Å². The number of aromatic nitrogens is 1. The van der Waals surface area contributed by atoms with E-state index in [0.29, 0.717) is 12.3 Å². The fourth-order valence-corrected chi connectivity index (χ4v) is 3.91. The van der Waals surface area contributed by atoms with Gasteiger partial charge in [0.1, 0.15) is 0 Å². The fourth-order valence-electron chi connectivity index (χ4n) is 2.85. The van der Waals surface area contributed by atoms with Gasteiger partial charge in [-0.1, -0.05) is 19.1 Å². The van der Waals surface area contributed by atoms with Gasteiger partial charge in [0.2, 0.25) is 5.91 Å². The van der Waals surface area contributed by atoms with Crippen LogP contribution in [0, 0.1) is 5.92 Å². The molecule has 3 rings (SSSR count). The Balaban J connectivity index is 1.59. The van der Waals surface area contributed by atoms with Crippen LogP contribution in [0.15, 0.2) is 12.2 Å². The fraction of sp³-hybridized carbons (Fsp3) is 0.600. The molecule has 0 bridgehead atoms. The second-order valence-electron chi connectivity index (χ2n) is 5.53. The molecule has 0 unspecified atom stereocenters. The highest BCUT2D eigenvalue weighted by Gasteiger charge is 2.21. The number of fused-ring (bicyclic) bond motifs is 1. The monoisotopic (exact) mass is 291 g/mol. The SMILES string of the molecule is CCN1CCc2nc(NC(=O)C[C@@H]3C=CCC3)sc2C1. The maximum atomic E-state index is 12.0. The third-order valence-electron chi connectivity index (χ3n) is 4.06. The lowest BCUT2D eigenvalue weighted by molar-refractivity contribution is -0.116. The third kappa shape index (κ3) is 3.10. The minimum absolute atomic E-state index is 0.0972. The molecule has 0 radical (unpaired) electrons. The molecule has 20 heavy (non-hydrogen) atoms. The van der Waals surface area contributed by atoms with Crippen LogP contribution in [0.1, 0.15) is 36.8 Å². The number of nitrogens with zero attached hydrogens (tertiary/aromatic N) is 2. The molecule has 4 nitrogen and oxygen atoms in total. The summed E-state index contributed by atoms with van der Waals surface area (Å²) in [5.74, 6) is 0.514. The van der Waals surface area contributed by atoms with Crippen molar-refractivity contribution in [2.75, 3.05) is 18.4 Å². The molecule has 1 aromatic rings. The Morgan fingerprint density at radius 1 is 1.60 bits per heavy atom. The number of carbonyl (C=O) groups is 1. The first-order chi connectivity index (χ1) is 9.74. The van der Waals surface area contributed by atoms with Gasteiger partial charge in [-0.2, -0.15) is 0 Å². The van der Waals surface area contributed by atoms with Gasteiger partial charge in [-0.25, -0.2) is 4.98 Å². The lowest BCUT2D eigenvalue weighted by Crippen LogP contribution is -2.29. The van der Waals surface area contributed by atoms with Crippen molar-refractivity contribution in [1.29, 1.82) is 0 Å². The van der Waals surface area contributed by atoms with Gasteiger partial charge in [-0.15, -0.1) is 11.3 Å². The number of likely N-dealkylation sites (N-methyl/N-ethyl adjacent to an activating group) is 1. The predicted octanol–water partition coefficient (Wildman–Crippen LogP) is 2.82. The number of thiazole rings is 1. The van der Waals surface area contributed by atoms with Crippen LogP contribution in [0.4, 0.5) is 5.13 Å². The first-order valence-corrected chi connectivity index (χ1v) is 8.23. The summed E-state index contributed by atoms with van der Waals surface area (Å²) in [5, 5.41) is 3.75. The summed E-state index contributed by atoms with van der Waals surface area (Å²) >= 11 is 1.64. The van der Waals surface area contributed by atoms with E-state index in [1.165, 1.54) is 10.6 Å². The standard InChI is InChI=1S/C15H21N3OS/c1-2-18-8-7-12-13(10-18)20-15(16-12)17-14(19)9-11-5-3-4-6-11/h3,5,11H,2,4,6-10H2,1H3,(H,16,17,19)/t11-/m1/s1. The van der Waals surface area contributed by atoms with Gasteiger partial charge >= 0.3 is 0 Å². The van der Waals surface area contributed by atoms with E-state index < -0.39 is 0 Å². The molecule has 0 saturated heterocycles. The van der Waals surface area contributed by atoms with E-state index in [1.54, 1.807) is 11.3 Å². The zero-order chi connectivity index (χ0) is 13.9. The summed E-state index contributed by atoms with van der Waals surface area (Å²) in [7, 11) is 0. The molecule has 108 valence electrons. The van der Waals surface area contributed by atoms with Gasteiger partial charge in [0.05, 0.1) is 5.69 Å². The first-order valence-electron chi connectivity index (χ1n) is 7.42.